The molecule has 0 radical (unpaired) electrons. The van der Waals surface area contributed by atoms with E-state index in [-0.39, 0.29) is 28.5 Å². The largest absolute Gasteiger partial charge is 0.494 e. The number of aliphatic imine (C=N–C) groups is 1. The van der Waals surface area contributed by atoms with Gasteiger partial charge in [0.05, 0.1) is 18.8 Å². The van der Waals surface area contributed by atoms with Crippen molar-refractivity contribution in [3.05, 3.63) is 86.4 Å². The highest BCUT2D eigenvalue weighted by Gasteiger charge is 2.14. The summed E-state index contributed by atoms with van der Waals surface area (Å²) in [4.78, 5) is 31.9. The highest BCUT2D eigenvalue weighted by Crippen LogP contribution is 2.22. The molecular formula is C21H19N3O4S. The fraction of sp³-hybridized carbons (Fsp3) is 0.143. The molecule has 7 nitrogen and oxygen atoms in total. The number of aromatic nitrogens is 2. The number of methoxy groups -OCH3 is 1. The minimum atomic E-state index is -0.572. The second-order valence-electron chi connectivity index (χ2n) is 6.11. The molecule has 29 heavy (non-hydrogen) atoms. The first kappa shape index (κ1) is 20.4. The third-order valence-electron chi connectivity index (χ3n) is 4.24. The molecular weight excluding hydrogens is 390 g/mol. The van der Waals surface area contributed by atoms with Gasteiger partial charge in [-0.25, -0.2) is 0 Å². The van der Waals surface area contributed by atoms with Gasteiger partial charge in [-0.05, 0) is 24.4 Å². The van der Waals surface area contributed by atoms with Crippen LogP contribution in [0.15, 0.2) is 64.4 Å². The Bertz CT molecular complexity index is 1170. The third-order valence-corrected chi connectivity index (χ3v) is 4.57. The first-order chi connectivity index (χ1) is 14.0. The first-order valence-corrected chi connectivity index (χ1v) is 9.21. The molecule has 1 heterocycles. The molecule has 3 aromatic rings. The van der Waals surface area contributed by atoms with Crippen LogP contribution in [0.4, 0.5) is 5.69 Å². The lowest BCUT2D eigenvalue weighted by Crippen LogP contribution is -2.20. The highest BCUT2D eigenvalue weighted by molar-refractivity contribution is 7.71. The second kappa shape index (κ2) is 9.22. The molecule has 0 aliphatic heterocycles. The summed E-state index contributed by atoms with van der Waals surface area (Å²) < 4.78 is 6.43. The Morgan fingerprint density at radius 1 is 1.21 bits per heavy atom. The molecule has 0 aliphatic rings. The SMILES string of the molecule is COCCn1c(O)c(C=Nc2ccccc2C(=O)c2ccccc2)c(=O)[nH]c1=S. The lowest BCUT2D eigenvalue weighted by molar-refractivity contribution is 0.103. The standard InChI is InChI=1S/C21H19N3O4S/c1-28-12-11-24-20(27)16(19(26)23-21(24)29)13-22-17-10-6-5-9-15(17)18(25)14-7-3-2-4-8-14/h2-10,13,27H,11-12H2,1H3,(H,23,26,29). The molecule has 2 aromatic carbocycles. The molecule has 0 fully saturated rings. The number of ketones is 1. The van der Waals surface area contributed by atoms with E-state index >= 15 is 0 Å². The van der Waals surface area contributed by atoms with Gasteiger partial charge in [0.25, 0.3) is 5.56 Å². The average molecular weight is 409 g/mol. The van der Waals surface area contributed by atoms with E-state index in [0.29, 0.717) is 23.4 Å². The number of ether oxygens (including phenoxy) is 1. The molecule has 8 heteroatoms. The Morgan fingerprint density at radius 3 is 2.62 bits per heavy atom. The van der Waals surface area contributed by atoms with Crippen LogP contribution in [-0.2, 0) is 11.3 Å². The Labute approximate surface area is 172 Å². The number of hydrogen-bond donors (Lipinski definition) is 2. The zero-order valence-electron chi connectivity index (χ0n) is 15.7. The molecule has 1 aromatic heterocycles. The number of carbonyl (C=O) groups is 1. The van der Waals surface area contributed by atoms with E-state index < -0.39 is 5.56 Å². The molecule has 0 saturated heterocycles. The van der Waals surface area contributed by atoms with Crippen LogP contribution in [0, 0.1) is 4.77 Å². The molecule has 0 aliphatic carbocycles. The molecule has 0 amide bonds. The van der Waals surface area contributed by atoms with Crippen LogP contribution < -0.4 is 5.56 Å². The number of para-hydroxylation sites is 1. The summed E-state index contributed by atoms with van der Waals surface area (Å²) in [6.45, 7) is 0.570. The number of aromatic amines is 1. The summed E-state index contributed by atoms with van der Waals surface area (Å²) >= 11 is 5.09. The van der Waals surface area contributed by atoms with Gasteiger partial charge in [0.15, 0.2) is 10.6 Å². The zero-order valence-corrected chi connectivity index (χ0v) is 16.5. The monoisotopic (exact) mass is 409 g/mol. The van der Waals surface area contributed by atoms with Gasteiger partial charge in [0, 0.05) is 24.5 Å². The van der Waals surface area contributed by atoms with Crippen molar-refractivity contribution in [2.45, 2.75) is 6.54 Å². The van der Waals surface area contributed by atoms with E-state index in [4.69, 9.17) is 17.0 Å². The van der Waals surface area contributed by atoms with Crippen LogP contribution in [0.5, 0.6) is 5.88 Å². The first-order valence-electron chi connectivity index (χ1n) is 8.80. The van der Waals surface area contributed by atoms with E-state index in [9.17, 15) is 14.7 Å². The van der Waals surface area contributed by atoms with Gasteiger partial charge in [0.1, 0.15) is 5.56 Å². The predicted octanol–water partition coefficient (Wildman–Crippen LogP) is 3.24. The maximum absolute atomic E-state index is 12.8. The number of benzene rings is 2. The fourth-order valence-corrected chi connectivity index (χ4v) is 3.01. The highest BCUT2D eigenvalue weighted by atomic mass is 32.1. The summed E-state index contributed by atoms with van der Waals surface area (Å²) in [7, 11) is 1.52. The molecule has 0 bridgehead atoms. The Hall–Kier alpha value is -3.36. The summed E-state index contributed by atoms with van der Waals surface area (Å²) in [5, 5.41) is 10.5. The normalized spacial score (nSPS) is 11.1. The van der Waals surface area contributed by atoms with Crippen molar-refractivity contribution in [1.82, 2.24) is 9.55 Å². The Morgan fingerprint density at radius 2 is 1.90 bits per heavy atom. The van der Waals surface area contributed by atoms with Gasteiger partial charge < -0.3 is 9.84 Å². The molecule has 0 saturated carbocycles. The smallest absolute Gasteiger partial charge is 0.264 e. The zero-order chi connectivity index (χ0) is 20.8. The molecule has 0 atom stereocenters. The number of hydrogen-bond acceptors (Lipinski definition) is 6. The topological polar surface area (TPSA) is 96.7 Å². The molecule has 3 rings (SSSR count). The van der Waals surface area contributed by atoms with Gasteiger partial charge in [-0.1, -0.05) is 42.5 Å². The molecule has 0 spiro atoms. The minimum absolute atomic E-state index is 0.0586. The van der Waals surface area contributed by atoms with Gasteiger partial charge in [-0.15, -0.1) is 0 Å². The Kier molecular flexibility index (Phi) is 6.48. The number of nitrogens with zero attached hydrogens (tertiary/aromatic N) is 2. The van der Waals surface area contributed by atoms with Crippen LogP contribution in [-0.4, -0.2) is 40.4 Å². The lowest BCUT2D eigenvalue weighted by Gasteiger charge is -2.10. The maximum atomic E-state index is 12.8. The van der Waals surface area contributed by atoms with E-state index in [1.54, 1.807) is 48.5 Å². The van der Waals surface area contributed by atoms with Gasteiger partial charge in [0.2, 0.25) is 5.88 Å². The number of H-pyrrole nitrogens is 1. The van der Waals surface area contributed by atoms with Crippen LogP contribution in [0.2, 0.25) is 0 Å². The Balaban J connectivity index is 2.01. The van der Waals surface area contributed by atoms with Crippen molar-refractivity contribution in [2.75, 3.05) is 13.7 Å². The van der Waals surface area contributed by atoms with Gasteiger partial charge in [-0.2, -0.15) is 0 Å². The van der Waals surface area contributed by atoms with Crippen molar-refractivity contribution in [1.29, 1.82) is 0 Å². The fourth-order valence-electron chi connectivity index (χ4n) is 2.74. The maximum Gasteiger partial charge on any atom is 0.264 e. The van der Waals surface area contributed by atoms with Gasteiger partial charge >= 0.3 is 0 Å². The summed E-state index contributed by atoms with van der Waals surface area (Å²) in [6.07, 6.45) is 1.23. The number of rotatable bonds is 7. The van der Waals surface area contributed by atoms with Gasteiger partial charge in [-0.3, -0.25) is 24.1 Å². The van der Waals surface area contributed by atoms with E-state index in [1.165, 1.54) is 17.9 Å². The quantitative estimate of drug-likeness (QED) is 0.355. The molecule has 148 valence electrons. The van der Waals surface area contributed by atoms with Crippen LogP contribution in [0.1, 0.15) is 21.5 Å². The number of aromatic hydroxyl groups is 1. The molecule has 0 unspecified atom stereocenters. The van der Waals surface area contributed by atoms with Crippen molar-refractivity contribution in [2.24, 2.45) is 4.99 Å². The van der Waals surface area contributed by atoms with E-state index in [0.717, 1.165) is 0 Å². The summed E-state index contributed by atoms with van der Waals surface area (Å²) in [5.41, 5.74) is 0.668. The minimum Gasteiger partial charge on any atom is -0.494 e. The van der Waals surface area contributed by atoms with Crippen molar-refractivity contribution in [3.8, 4) is 5.88 Å². The number of carbonyl (C=O) groups excluding carboxylic acids is 1. The van der Waals surface area contributed by atoms with Crippen molar-refractivity contribution < 1.29 is 14.6 Å². The molecule has 2 N–H and O–H groups in total. The number of nitrogens with one attached hydrogen (secondary N) is 1. The van der Waals surface area contributed by atoms with Crippen molar-refractivity contribution >= 4 is 29.9 Å². The summed E-state index contributed by atoms with van der Waals surface area (Å²) in [5.74, 6) is -0.501. The van der Waals surface area contributed by atoms with E-state index in [2.05, 4.69) is 9.98 Å². The van der Waals surface area contributed by atoms with E-state index in [1.807, 2.05) is 6.07 Å². The predicted molar refractivity (Wildman–Crippen MR) is 113 cm³/mol. The third kappa shape index (κ3) is 4.56. The summed E-state index contributed by atoms with van der Waals surface area (Å²) in [6, 6.07) is 15.7. The van der Waals surface area contributed by atoms with Crippen molar-refractivity contribution in [3.63, 3.8) is 0 Å². The second-order valence-corrected chi connectivity index (χ2v) is 6.50. The van der Waals surface area contributed by atoms with Crippen LogP contribution in [0.3, 0.4) is 0 Å². The average Bonchev–Trinajstić information content (AvgIpc) is 2.74. The van der Waals surface area contributed by atoms with Crippen LogP contribution >= 0.6 is 12.2 Å². The lowest BCUT2D eigenvalue weighted by atomic mass is 10.0. The van der Waals surface area contributed by atoms with Crippen LogP contribution in [0.25, 0.3) is 0 Å².